The monoisotopic (exact) mass is 576 g/mol. The van der Waals surface area contributed by atoms with Crippen molar-refractivity contribution >= 4 is 56.6 Å². The van der Waals surface area contributed by atoms with E-state index in [0.717, 1.165) is 15.8 Å². The lowest BCUT2D eigenvalue weighted by Gasteiger charge is -2.37. The molecule has 0 bridgehead atoms. The van der Waals surface area contributed by atoms with Crippen molar-refractivity contribution in [3.8, 4) is 0 Å². The van der Waals surface area contributed by atoms with Gasteiger partial charge in [0.25, 0.3) is 5.91 Å². The maximum atomic E-state index is 12.7. The first-order chi connectivity index (χ1) is 15.3. The van der Waals surface area contributed by atoms with Crippen molar-refractivity contribution in [1.29, 1.82) is 0 Å². The summed E-state index contributed by atoms with van der Waals surface area (Å²) in [5, 5.41) is 16.9. The molecule has 1 fully saturated rings. The van der Waals surface area contributed by atoms with Gasteiger partial charge in [-0.25, -0.2) is 14.8 Å². The first-order valence-electron chi connectivity index (χ1n) is 9.94. The Kier molecular flexibility index (Phi) is 8.05. The van der Waals surface area contributed by atoms with Crippen LogP contribution >= 0.6 is 33.9 Å². The second-order valence-corrected chi connectivity index (χ2v) is 9.14. The molecule has 1 aliphatic heterocycles. The number of hydrogen-bond donors (Lipinski definition) is 3. The number of nitrogens with zero attached hydrogens (tertiary/aromatic N) is 4. The minimum absolute atomic E-state index is 0.0631. The first kappa shape index (κ1) is 24.4. The van der Waals surface area contributed by atoms with Crippen molar-refractivity contribution in [2.24, 2.45) is 5.16 Å². The Hall–Kier alpha value is -2.26. The highest BCUT2D eigenvalue weighted by molar-refractivity contribution is 14.1. The summed E-state index contributed by atoms with van der Waals surface area (Å²) in [5.74, 6) is -1.12. The predicted molar refractivity (Wildman–Crippen MR) is 128 cm³/mol. The number of aromatic amines is 1. The number of amides is 1. The number of rotatable bonds is 8. The Balaban J connectivity index is 1.74. The number of carbonyl (C=O) groups excluding carboxylic acids is 1. The van der Waals surface area contributed by atoms with Gasteiger partial charge in [-0.1, -0.05) is 23.4 Å². The van der Waals surface area contributed by atoms with Gasteiger partial charge in [-0.15, -0.1) is 0 Å². The van der Waals surface area contributed by atoms with Gasteiger partial charge in [0.2, 0.25) is 0 Å². The topological polar surface area (TPSA) is 142 Å². The summed E-state index contributed by atoms with van der Waals surface area (Å²) < 4.78 is 6.43. The molecule has 0 aromatic carbocycles. The average Bonchev–Trinajstić information content (AvgIpc) is 3.38. The molecule has 2 aromatic heterocycles. The minimum Gasteiger partial charge on any atom is -0.476 e. The molecule has 1 saturated heterocycles. The van der Waals surface area contributed by atoms with Crippen LogP contribution in [0.4, 0.5) is 5.13 Å². The minimum atomic E-state index is -1.13. The molecule has 2 aromatic rings. The lowest BCUT2D eigenvalue weighted by molar-refractivity contribution is 0.0538. The van der Waals surface area contributed by atoms with Gasteiger partial charge in [0.15, 0.2) is 16.6 Å². The molecule has 11 nitrogen and oxygen atoms in total. The molecule has 13 heteroatoms. The van der Waals surface area contributed by atoms with E-state index in [-0.39, 0.29) is 29.6 Å². The summed E-state index contributed by atoms with van der Waals surface area (Å²) >= 11 is 3.35. The van der Waals surface area contributed by atoms with E-state index in [2.05, 4.69) is 48.0 Å². The fourth-order valence-electron chi connectivity index (χ4n) is 3.47. The number of hydrogen-bond acceptors (Lipinski definition) is 9. The van der Waals surface area contributed by atoms with Gasteiger partial charge in [-0.3, -0.25) is 4.79 Å². The number of piperidine rings is 1. The van der Waals surface area contributed by atoms with E-state index >= 15 is 0 Å². The van der Waals surface area contributed by atoms with Crippen LogP contribution < -0.4 is 10.2 Å². The Morgan fingerprint density at radius 2 is 2.16 bits per heavy atom. The SMILES string of the molecule is CCc1[nH]c(C(=O)N[C@@H]2CCN(c3nc(C(=O)O)c(/C(C)=N\OC)s3)C[C@@H]2OC)nc1I. The largest absolute Gasteiger partial charge is 0.476 e. The van der Waals surface area contributed by atoms with Crippen LogP contribution in [0.15, 0.2) is 5.16 Å². The Labute approximate surface area is 202 Å². The number of halogens is 1. The number of imidazole rings is 1. The molecule has 0 unspecified atom stereocenters. The standard InChI is InChI=1S/C19H25IN6O5S/c1-5-10-15(20)24-16(21-10)17(27)22-11-6-7-26(8-12(11)30-3)19-23-13(18(28)29)14(32-19)9(2)25-31-4/h11-12H,5-8H2,1-4H3,(H,21,24)(H,22,27)(H,28,29)/b25-9-/t11-,12+/m1/s1. The summed E-state index contributed by atoms with van der Waals surface area (Å²) in [4.78, 5) is 43.2. The zero-order chi connectivity index (χ0) is 23.4. The summed E-state index contributed by atoms with van der Waals surface area (Å²) in [6.07, 6.45) is 1.06. The Morgan fingerprint density at radius 1 is 1.41 bits per heavy atom. The molecule has 0 spiro atoms. The third kappa shape index (κ3) is 5.20. The number of H-pyrrole nitrogens is 1. The number of aromatic carboxylic acids is 1. The van der Waals surface area contributed by atoms with Crippen molar-refractivity contribution in [3.05, 3.63) is 25.8 Å². The molecule has 3 N–H and O–H groups in total. The number of nitrogens with one attached hydrogen (secondary N) is 2. The van der Waals surface area contributed by atoms with Gasteiger partial charge in [-0.05, 0) is 42.4 Å². The summed E-state index contributed by atoms with van der Waals surface area (Å²) in [6, 6.07) is -0.216. The number of carboxylic acid groups (broad SMARTS) is 1. The van der Waals surface area contributed by atoms with Crippen LogP contribution in [-0.2, 0) is 16.0 Å². The highest BCUT2D eigenvalue weighted by atomic mass is 127. The van der Waals surface area contributed by atoms with E-state index in [1.807, 2.05) is 11.8 Å². The van der Waals surface area contributed by atoms with Gasteiger partial charge in [-0.2, -0.15) is 0 Å². The molecular weight excluding hydrogens is 551 g/mol. The van der Waals surface area contributed by atoms with Gasteiger partial charge in [0.05, 0.1) is 22.7 Å². The molecule has 1 amide bonds. The molecule has 3 rings (SSSR count). The Bertz CT molecular complexity index is 1020. The van der Waals surface area contributed by atoms with E-state index in [0.29, 0.717) is 35.2 Å². The van der Waals surface area contributed by atoms with E-state index in [1.54, 1.807) is 14.0 Å². The van der Waals surface area contributed by atoms with Crippen molar-refractivity contribution in [3.63, 3.8) is 0 Å². The van der Waals surface area contributed by atoms with Crippen LogP contribution in [0.25, 0.3) is 0 Å². The maximum absolute atomic E-state index is 12.7. The summed E-state index contributed by atoms with van der Waals surface area (Å²) in [5.41, 5.74) is 1.31. The molecule has 0 saturated carbocycles. The number of carbonyl (C=O) groups is 2. The normalized spacial score (nSPS) is 19.2. The van der Waals surface area contributed by atoms with Crippen LogP contribution in [0, 0.1) is 3.70 Å². The second kappa shape index (κ2) is 10.6. The number of methoxy groups -OCH3 is 1. The lowest BCUT2D eigenvalue weighted by atomic mass is 10.0. The number of carboxylic acids is 1. The summed E-state index contributed by atoms with van der Waals surface area (Å²) in [6.45, 7) is 4.69. The molecule has 174 valence electrons. The molecular formula is C19H25IN6O5S. The number of anilines is 1. The van der Waals surface area contributed by atoms with Crippen molar-refractivity contribution in [2.45, 2.75) is 38.8 Å². The number of aromatic nitrogens is 3. The number of ether oxygens (including phenoxy) is 1. The fourth-order valence-corrected chi connectivity index (χ4v) is 5.26. The van der Waals surface area contributed by atoms with Crippen molar-refractivity contribution < 1.29 is 24.3 Å². The van der Waals surface area contributed by atoms with Crippen molar-refractivity contribution in [2.75, 3.05) is 32.2 Å². The third-order valence-electron chi connectivity index (χ3n) is 5.12. The van der Waals surface area contributed by atoms with Crippen molar-refractivity contribution in [1.82, 2.24) is 20.3 Å². The van der Waals surface area contributed by atoms with E-state index < -0.39 is 5.97 Å². The summed E-state index contributed by atoms with van der Waals surface area (Å²) in [7, 11) is 2.99. The molecule has 0 aliphatic carbocycles. The molecule has 1 aliphatic rings. The van der Waals surface area contributed by atoms with Gasteiger partial charge in [0.1, 0.15) is 10.8 Å². The van der Waals surface area contributed by atoms with Gasteiger partial charge >= 0.3 is 5.97 Å². The molecule has 2 atom stereocenters. The number of oxime groups is 1. The lowest BCUT2D eigenvalue weighted by Crippen LogP contribution is -2.55. The molecule has 0 radical (unpaired) electrons. The smallest absolute Gasteiger partial charge is 0.356 e. The van der Waals surface area contributed by atoms with Crippen LogP contribution in [-0.4, -0.2) is 77.1 Å². The van der Waals surface area contributed by atoms with Crippen LogP contribution in [0.2, 0.25) is 0 Å². The second-order valence-electron chi connectivity index (χ2n) is 7.14. The highest BCUT2D eigenvalue weighted by Crippen LogP contribution is 2.30. The average molecular weight is 576 g/mol. The van der Waals surface area contributed by atoms with E-state index in [1.165, 1.54) is 18.4 Å². The predicted octanol–water partition coefficient (Wildman–Crippen LogP) is 2.13. The quantitative estimate of drug-likeness (QED) is 0.247. The van der Waals surface area contributed by atoms with Crippen LogP contribution in [0.5, 0.6) is 0 Å². The van der Waals surface area contributed by atoms with Crippen LogP contribution in [0.1, 0.15) is 51.9 Å². The van der Waals surface area contributed by atoms with Gasteiger partial charge in [0, 0.05) is 25.9 Å². The third-order valence-corrected chi connectivity index (χ3v) is 7.24. The van der Waals surface area contributed by atoms with E-state index in [9.17, 15) is 14.7 Å². The number of aryl methyl sites for hydroxylation is 1. The highest BCUT2D eigenvalue weighted by Gasteiger charge is 2.33. The zero-order valence-corrected chi connectivity index (χ0v) is 21.1. The fraction of sp³-hybridized carbons (Fsp3) is 0.526. The Morgan fingerprint density at radius 3 is 2.75 bits per heavy atom. The molecule has 3 heterocycles. The maximum Gasteiger partial charge on any atom is 0.356 e. The van der Waals surface area contributed by atoms with Crippen LogP contribution in [0.3, 0.4) is 0 Å². The van der Waals surface area contributed by atoms with Gasteiger partial charge < -0.3 is 29.9 Å². The van der Waals surface area contributed by atoms with E-state index in [4.69, 9.17) is 9.57 Å². The molecule has 32 heavy (non-hydrogen) atoms. The zero-order valence-electron chi connectivity index (χ0n) is 18.1. The first-order valence-corrected chi connectivity index (χ1v) is 11.8. The number of thiazole rings is 1.